The smallest absolute Gasteiger partial charge is 0.0813 e. The summed E-state index contributed by atoms with van der Waals surface area (Å²) in [6.45, 7) is 0. The summed E-state index contributed by atoms with van der Waals surface area (Å²) >= 11 is 0. The molecular formula is C6H7N2. The van der Waals surface area contributed by atoms with Crippen molar-refractivity contribution < 1.29 is 0 Å². The number of nitrogens with zero attached hydrogens (tertiary/aromatic N) is 1. The molecule has 0 fully saturated rings. The van der Waals surface area contributed by atoms with Crippen molar-refractivity contribution in [3.63, 3.8) is 0 Å². The largest absolute Gasteiger partial charge is 0.204 e. The highest BCUT2D eigenvalue weighted by Gasteiger charge is 1.91. The van der Waals surface area contributed by atoms with Gasteiger partial charge in [-0.25, -0.2) is 5.53 Å². The Balaban J connectivity index is 2.64. The fraction of sp³-hybridized carbons (Fsp3) is 0.333. The van der Waals surface area contributed by atoms with Gasteiger partial charge in [-0.2, -0.15) is 5.11 Å². The van der Waals surface area contributed by atoms with Gasteiger partial charge in [0.05, 0.1) is 5.70 Å². The van der Waals surface area contributed by atoms with Crippen molar-refractivity contribution in [1.29, 1.82) is 5.53 Å². The molecule has 8 heavy (non-hydrogen) atoms. The van der Waals surface area contributed by atoms with Gasteiger partial charge < -0.3 is 0 Å². The third-order valence-corrected chi connectivity index (χ3v) is 1.02. The van der Waals surface area contributed by atoms with Crippen LogP contribution in [-0.2, 0) is 0 Å². The van der Waals surface area contributed by atoms with Gasteiger partial charge in [0.2, 0.25) is 0 Å². The van der Waals surface area contributed by atoms with Crippen LogP contribution in [0.1, 0.15) is 12.8 Å². The summed E-state index contributed by atoms with van der Waals surface area (Å²) in [5, 5.41) is 3.24. The molecule has 2 nitrogen and oxygen atoms in total. The summed E-state index contributed by atoms with van der Waals surface area (Å²) in [6.07, 6.45) is 8.61. The average Bonchev–Trinajstić information content (AvgIpc) is 1.90. The molecule has 0 aromatic carbocycles. The predicted molar refractivity (Wildman–Crippen MR) is 30.3 cm³/mol. The van der Waals surface area contributed by atoms with E-state index in [2.05, 4.69) is 11.2 Å². The standard InChI is InChI=1S/C6H7N2/c7-8-6-4-2-1-3-5-6/h4-5,7H,1-2H2. The van der Waals surface area contributed by atoms with Gasteiger partial charge in [0.15, 0.2) is 0 Å². The molecule has 0 atom stereocenters. The lowest BCUT2D eigenvalue weighted by molar-refractivity contribution is 0.958. The van der Waals surface area contributed by atoms with Crippen molar-refractivity contribution >= 4 is 0 Å². The number of hydrogen-bond acceptors (Lipinski definition) is 2. The molecule has 0 amide bonds. The van der Waals surface area contributed by atoms with Crippen LogP contribution < -0.4 is 0 Å². The number of allylic oxidation sites excluding steroid dienone is 3. The van der Waals surface area contributed by atoms with Crippen LogP contribution in [0.4, 0.5) is 0 Å². The van der Waals surface area contributed by atoms with Gasteiger partial charge in [-0.3, -0.25) is 0 Å². The molecule has 0 bridgehead atoms. The molecule has 0 saturated heterocycles. The van der Waals surface area contributed by atoms with Crippen LogP contribution in [0.5, 0.6) is 0 Å². The number of rotatable bonds is 1. The molecule has 1 N–H and O–H groups in total. The minimum Gasteiger partial charge on any atom is -0.204 e. The lowest BCUT2D eigenvalue weighted by atomic mass is 10.2. The topological polar surface area (TPSA) is 36.2 Å². The van der Waals surface area contributed by atoms with Crippen molar-refractivity contribution in [2.24, 2.45) is 5.11 Å². The lowest BCUT2D eigenvalue weighted by Gasteiger charge is -1.95. The fourth-order valence-electron chi connectivity index (χ4n) is 0.617. The maximum absolute atomic E-state index is 6.58. The van der Waals surface area contributed by atoms with Crippen LogP contribution in [-0.4, -0.2) is 0 Å². The first-order chi connectivity index (χ1) is 3.93. The minimum absolute atomic E-state index is 0.733. The fourth-order valence-corrected chi connectivity index (χ4v) is 0.617. The van der Waals surface area contributed by atoms with E-state index in [-0.39, 0.29) is 0 Å². The highest BCUT2D eigenvalue weighted by molar-refractivity contribution is 5.16. The zero-order valence-corrected chi connectivity index (χ0v) is 4.52. The minimum atomic E-state index is 0.733. The van der Waals surface area contributed by atoms with E-state index in [1.165, 1.54) is 0 Å². The first kappa shape index (κ1) is 5.22. The van der Waals surface area contributed by atoms with Gasteiger partial charge in [-0.15, -0.1) is 0 Å². The zero-order valence-electron chi connectivity index (χ0n) is 4.52. The molecule has 1 aliphatic carbocycles. The molecule has 0 spiro atoms. The monoisotopic (exact) mass is 107 g/mol. The van der Waals surface area contributed by atoms with Crippen LogP contribution >= 0.6 is 0 Å². The van der Waals surface area contributed by atoms with Crippen LogP contribution in [0.25, 0.3) is 0 Å². The first-order valence-electron chi connectivity index (χ1n) is 2.58. The van der Waals surface area contributed by atoms with Crippen molar-refractivity contribution in [3.8, 4) is 0 Å². The first-order valence-corrected chi connectivity index (χ1v) is 2.58. The zero-order chi connectivity index (χ0) is 5.82. The van der Waals surface area contributed by atoms with Crippen molar-refractivity contribution in [1.82, 2.24) is 0 Å². The number of nitrogens with one attached hydrogen (secondary N) is 1. The van der Waals surface area contributed by atoms with Crippen LogP contribution in [0.3, 0.4) is 0 Å². The van der Waals surface area contributed by atoms with Gasteiger partial charge in [0.1, 0.15) is 0 Å². The summed E-state index contributed by atoms with van der Waals surface area (Å²) in [4.78, 5) is 0. The Morgan fingerprint density at radius 1 is 1.75 bits per heavy atom. The second-order valence-corrected chi connectivity index (χ2v) is 1.63. The van der Waals surface area contributed by atoms with Gasteiger partial charge >= 0.3 is 0 Å². The third kappa shape index (κ3) is 1.03. The van der Waals surface area contributed by atoms with Gasteiger partial charge in [0, 0.05) is 0 Å². The van der Waals surface area contributed by atoms with E-state index in [0.29, 0.717) is 0 Å². The lowest BCUT2D eigenvalue weighted by Crippen LogP contribution is -1.78. The van der Waals surface area contributed by atoms with Crippen LogP contribution in [0, 0.1) is 11.6 Å². The van der Waals surface area contributed by atoms with Crippen molar-refractivity contribution in [2.75, 3.05) is 0 Å². The summed E-state index contributed by atoms with van der Waals surface area (Å²) < 4.78 is 0. The molecule has 41 valence electrons. The van der Waals surface area contributed by atoms with Crippen LogP contribution in [0.15, 0.2) is 23.0 Å². The summed E-state index contributed by atoms with van der Waals surface area (Å²) in [5.41, 5.74) is 7.32. The molecule has 0 aromatic heterocycles. The second kappa shape index (κ2) is 2.40. The molecule has 0 saturated carbocycles. The van der Waals surface area contributed by atoms with E-state index < -0.39 is 0 Å². The van der Waals surface area contributed by atoms with Crippen molar-refractivity contribution in [3.05, 3.63) is 23.9 Å². The quantitative estimate of drug-likeness (QED) is 0.498. The Labute approximate surface area is 48.4 Å². The normalized spacial score (nSPS) is 17.8. The van der Waals surface area contributed by atoms with E-state index >= 15 is 0 Å². The molecule has 0 heterocycles. The van der Waals surface area contributed by atoms with Gasteiger partial charge in [-0.1, -0.05) is 6.08 Å². The number of hydrogen-bond donors (Lipinski definition) is 1. The molecule has 0 unspecified atom stereocenters. The summed E-state index contributed by atoms with van der Waals surface area (Å²) in [5.74, 6) is 0. The highest BCUT2D eigenvalue weighted by Crippen LogP contribution is 2.08. The molecule has 1 radical (unpaired) electrons. The summed E-state index contributed by atoms with van der Waals surface area (Å²) in [7, 11) is 0. The van der Waals surface area contributed by atoms with Gasteiger partial charge in [0.25, 0.3) is 0 Å². The van der Waals surface area contributed by atoms with E-state index in [1.807, 2.05) is 6.08 Å². The maximum atomic E-state index is 6.58. The third-order valence-electron chi connectivity index (χ3n) is 1.02. The Morgan fingerprint density at radius 3 is 3.00 bits per heavy atom. The van der Waals surface area contributed by atoms with Crippen LogP contribution in [0.2, 0.25) is 0 Å². The Hall–Kier alpha value is -0.920. The van der Waals surface area contributed by atoms with Gasteiger partial charge in [-0.05, 0) is 25.0 Å². The Bertz CT molecular complexity index is 145. The Morgan fingerprint density at radius 2 is 2.62 bits per heavy atom. The SMILES string of the molecule is N=NC1=CCC[C]=C1. The molecule has 1 aliphatic rings. The predicted octanol–water partition coefficient (Wildman–Crippen LogP) is 2.05. The molecule has 1 rings (SSSR count). The van der Waals surface area contributed by atoms with E-state index in [4.69, 9.17) is 5.53 Å². The molecule has 0 aromatic rings. The maximum Gasteiger partial charge on any atom is 0.0813 e. The molecule has 0 aliphatic heterocycles. The Kier molecular flexibility index (Phi) is 1.57. The van der Waals surface area contributed by atoms with E-state index in [0.717, 1.165) is 18.5 Å². The molecular weight excluding hydrogens is 100 g/mol. The second-order valence-electron chi connectivity index (χ2n) is 1.63. The summed E-state index contributed by atoms with van der Waals surface area (Å²) in [6, 6.07) is 0. The molecule has 2 heteroatoms. The van der Waals surface area contributed by atoms with E-state index in [9.17, 15) is 0 Å². The van der Waals surface area contributed by atoms with E-state index in [1.54, 1.807) is 6.08 Å². The highest BCUT2D eigenvalue weighted by atomic mass is 15.0. The van der Waals surface area contributed by atoms with Crippen molar-refractivity contribution in [2.45, 2.75) is 12.8 Å². The average molecular weight is 107 g/mol.